The number of hydrogen-bond acceptors (Lipinski definition) is 1. The highest BCUT2D eigenvalue weighted by Crippen LogP contribution is 2.46. The summed E-state index contributed by atoms with van der Waals surface area (Å²) >= 11 is 0. The molecular formula is C54H38N2. The van der Waals surface area contributed by atoms with Gasteiger partial charge in [-0.05, 0) is 99.1 Å². The van der Waals surface area contributed by atoms with Crippen LogP contribution in [0.25, 0.3) is 72.0 Å². The number of para-hydroxylation sites is 2. The summed E-state index contributed by atoms with van der Waals surface area (Å²) in [6.45, 7) is 0. The monoisotopic (exact) mass is 714 g/mol. The second kappa shape index (κ2) is 14.4. The van der Waals surface area contributed by atoms with Gasteiger partial charge in [-0.2, -0.15) is 0 Å². The first kappa shape index (κ1) is 33.2. The molecule has 0 bridgehead atoms. The van der Waals surface area contributed by atoms with E-state index in [1.165, 1.54) is 60.8 Å². The normalized spacial score (nSPS) is 11.2. The average Bonchev–Trinajstić information content (AvgIpc) is 3.63. The van der Waals surface area contributed by atoms with Crippen LogP contribution in [0.4, 0.5) is 17.1 Å². The van der Waals surface area contributed by atoms with Crippen LogP contribution < -0.4 is 4.90 Å². The summed E-state index contributed by atoms with van der Waals surface area (Å²) in [7, 11) is 0. The Morgan fingerprint density at radius 1 is 0.304 bits per heavy atom. The van der Waals surface area contributed by atoms with Crippen LogP contribution in [0, 0.1) is 0 Å². The predicted octanol–water partition coefficient (Wildman–Crippen LogP) is 14.9. The fourth-order valence-electron chi connectivity index (χ4n) is 8.28. The quantitative estimate of drug-likeness (QED) is 0.152. The minimum atomic E-state index is 1.10. The highest BCUT2D eigenvalue weighted by atomic mass is 15.1. The molecule has 0 atom stereocenters. The van der Waals surface area contributed by atoms with Gasteiger partial charge < -0.3 is 9.47 Å². The zero-order chi connectivity index (χ0) is 37.3. The fraction of sp³-hybridized carbons (Fsp3) is 0. The maximum atomic E-state index is 2.43. The topological polar surface area (TPSA) is 8.17 Å². The predicted molar refractivity (Wildman–Crippen MR) is 237 cm³/mol. The number of rotatable bonds is 8. The van der Waals surface area contributed by atoms with Crippen LogP contribution in [0.15, 0.2) is 231 Å². The highest BCUT2D eigenvalue weighted by Gasteiger charge is 2.22. The first-order valence-corrected chi connectivity index (χ1v) is 19.2. The summed E-state index contributed by atoms with van der Waals surface area (Å²) < 4.78 is 2.43. The minimum Gasteiger partial charge on any atom is -0.310 e. The third kappa shape index (κ3) is 5.95. The van der Waals surface area contributed by atoms with Crippen molar-refractivity contribution < 1.29 is 0 Å². The lowest BCUT2D eigenvalue weighted by molar-refractivity contribution is 1.18. The third-order valence-electron chi connectivity index (χ3n) is 10.8. The molecule has 0 amide bonds. The molecule has 0 aliphatic rings. The van der Waals surface area contributed by atoms with E-state index in [1.807, 2.05) is 0 Å². The van der Waals surface area contributed by atoms with Crippen molar-refractivity contribution in [1.82, 2.24) is 4.57 Å². The van der Waals surface area contributed by atoms with Crippen LogP contribution in [0.5, 0.6) is 0 Å². The number of aromatic nitrogens is 1. The van der Waals surface area contributed by atoms with Crippen LogP contribution in [-0.2, 0) is 0 Å². The van der Waals surface area contributed by atoms with E-state index >= 15 is 0 Å². The van der Waals surface area contributed by atoms with E-state index in [0.29, 0.717) is 0 Å². The molecule has 0 aliphatic heterocycles. The molecule has 2 heteroatoms. The fourth-order valence-corrected chi connectivity index (χ4v) is 8.28. The Morgan fingerprint density at radius 3 is 1.48 bits per heavy atom. The average molecular weight is 715 g/mol. The third-order valence-corrected chi connectivity index (χ3v) is 10.8. The zero-order valence-corrected chi connectivity index (χ0v) is 30.8. The largest absolute Gasteiger partial charge is 0.310 e. The maximum absolute atomic E-state index is 2.43. The molecule has 264 valence electrons. The highest BCUT2D eigenvalue weighted by molar-refractivity contribution is 6.16. The summed E-state index contributed by atoms with van der Waals surface area (Å²) in [6, 6.07) is 83.0. The molecule has 2 nitrogen and oxygen atoms in total. The molecule has 0 spiro atoms. The number of anilines is 3. The van der Waals surface area contributed by atoms with Crippen molar-refractivity contribution in [2.45, 2.75) is 0 Å². The van der Waals surface area contributed by atoms with E-state index in [0.717, 1.165) is 28.3 Å². The van der Waals surface area contributed by atoms with Crippen molar-refractivity contribution in [3.05, 3.63) is 231 Å². The van der Waals surface area contributed by atoms with Crippen molar-refractivity contribution in [2.75, 3.05) is 4.90 Å². The molecule has 0 unspecified atom stereocenters. The number of fused-ring (bicyclic) bond motifs is 3. The van der Waals surface area contributed by atoms with Crippen molar-refractivity contribution in [2.24, 2.45) is 0 Å². The SMILES string of the molecule is c1ccc(-c2ccccc2-c2cccc(-n3c4ccccc4c4c(N(c5ccccc5)c5ccc(-c6ccccc6)c(-c6ccccc6)c5)cccc43)c2)cc1. The van der Waals surface area contributed by atoms with Gasteiger partial charge in [-0.15, -0.1) is 0 Å². The van der Waals surface area contributed by atoms with E-state index in [4.69, 9.17) is 0 Å². The van der Waals surface area contributed by atoms with Gasteiger partial charge in [-0.25, -0.2) is 0 Å². The number of benzene rings is 9. The van der Waals surface area contributed by atoms with Gasteiger partial charge >= 0.3 is 0 Å². The number of hydrogen-bond donors (Lipinski definition) is 0. The summed E-state index contributed by atoms with van der Waals surface area (Å²) in [5.41, 5.74) is 16.4. The summed E-state index contributed by atoms with van der Waals surface area (Å²) in [5, 5.41) is 2.41. The lowest BCUT2D eigenvalue weighted by atomic mass is 9.93. The molecule has 0 fully saturated rings. The Hall–Kier alpha value is -7.42. The Labute approximate surface area is 327 Å². The second-order valence-corrected chi connectivity index (χ2v) is 14.1. The summed E-state index contributed by atoms with van der Waals surface area (Å²) in [5.74, 6) is 0. The van der Waals surface area contributed by atoms with Crippen LogP contribution in [0.2, 0.25) is 0 Å². The lowest BCUT2D eigenvalue weighted by Gasteiger charge is -2.27. The Morgan fingerprint density at radius 2 is 0.804 bits per heavy atom. The molecule has 1 heterocycles. The lowest BCUT2D eigenvalue weighted by Crippen LogP contribution is -2.10. The molecule has 9 aromatic carbocycles. The molecule has 1 aromatic heterocycles. The van der Waals surface area contributed by atoms with Crippen molar-refractivity contribution >= 4 is 38.9 Å². The summed E-state index contributed by atoms with van der Waals surface area (Å²) in [4.78, 5) is 2.42. The van der Waals surface area contributed by atoms with Crippen molar-refractivity contribution in [3.8, 4) is 50.2 Å². The molecule has 0 N–H and O–H groups in total. The van der Waals surface area contributed by atoms with Gasteiger partial charge in [0.1, 0.15) is 0 Å². The smallest absolute Gasteiger partial charge is 0.0562 e. The Bertz CT molecular complexity index is 2950. The molecule has 10 aromatic rings. The Balaban J connectivity index is 1.19. The van der Waals surface area contributed by atoms with Crippen LogP contribution in [0.1, 0.15) is 0 Å². The van der Waals surface area contributed by atoms with E-state index in [1.54, 1.807) is 0 Å². The van der Waals surface area contributed by atoms with Crippen LogP contribution >= 0.6 is 0 Å². The van der Waals surface area contributed by atoms with Gasteiger partial charge in [0.25, 0.3) is 0 Å². The molecular weight excluding hydrogens is 677 g/mol. The molecule has 0 saturated heterocycles. The standard InChI is InChI=1S/C54H38N2/c1-5-19-39(20-6-1)46-29-13-14-30-47(46)42-25-17-28-44(37-42)56-51-32-16-15-31-49(51)54-52(33-18-34-53(54)56)55(43-26-11-4-12-27-43)45-35-36-48(40-21-7-2-8-22-40)50(38-45)41-23-9-3-10-24-41/h1-38H. The van der Waals surface area contributed by atoms with Crippen molar-refractivity contribution in [3.63, 3.8) is 0 Å². The first-order valence-electron chi connectivity index (χ1n) is 19.2. The maximum Gasteiger partial charge on any atom is 0.0562 e. The van der Waals surface area contributed by atoms with Gasteiger partial charge in [0.05, 0.1) is 16.7 Å². The van der Waals surface area contributed by atoms with Gasteiger partial charge in [-0.3, -0.25) is 0 Å². The van der Waals surface area contributed by atoms with Crippen LogP contribution in [0.3, 0.4) is 0 Å². The molecule has 0 radical (unpaired) electrons. The van der Waals surface area contributed by atoms with Crippen LogP contribution in [-0.4, -0.2) is 4.57 Å². The molecule has 56 heavy (non-hydrogen) atoms. The van der Waals surface area contributed by atoms with Crippen molar-refractivity contribution in [1.29, 1.82) is 0 Å². The molecule has 10 rings (SSSR count). The number of nitrogens with zero attached hydrogens (tertiary/aromatic N) is 2. The van der Waals surface area contributed by atoms with E-state index in [9.17, 15) is 0 Å². The van der Waals surface area contributed by atoms with Gasteiger partial charge in [0.15, 0.2) is 0 Å². The Kier molecular flexibility index (Phi) is 8.55. The van der Waals surface area contributed by atoms with Gasteiger partial charge in [0, 0.05) is 27.8 Å². The van der Waals surface area contributed by atoms with E-state index in [-0.39, 0.29) is 0 Å². The van der Waals surface area contributed by atoms with E-state index in [2.05, 4.69) is 240 Å². The van der Waals surface area contributed by atoms with E-state index < -0.39 is 0 Å². The zero-order valence-electron chi connectivity index (χ0n) is 30.8. The minimum absolute atomic E-state index is 1.10. The molecule has 0 saturated carbocycles. The second-order valence-electron chi connectivity index (χ2n) is 14.1. The van der Waals surface area contributed by atoms with Gasteiger partial charge in [0.2, 0.25) is 0 Å². The molecule has 0 aliphatic carbocycles. The summed E-state index contributed by atoms with van der Waals surface area (Å²) in [6.07, 6.45) is 0. The van der Waals surface area contributed by atoms with Gasteiger partial charge in [-0.1, -0.05) is 176 Å². The first-order chi connectivity index (χ1) is 27.8.